The third-order valence-electron chi connectivity index (χ3n) is 1.79. The van der Waals surface area contributed by atoms with Crippen molar-refractivity contribution in [2.24, 2.45) is 0 Å². The van der Waals surface area contributed by atoms with Gasteiger partial charge in [-0.15, -0.1) is 0 Å². The van der Waals surface area contributed by atoms with Crippen LogP contribution in [-0.4, -0.2) is 18.6 Å². The van der Waals surface area contributed by atoms with E-state index >= 15 is 0 Å². The quantitative estimate of drug-likeness (QED) is 0.695. The van der Waals surface area contributed by atoms with E-state index < -0.39 is 0 Å². The summed E-state index contributed by atoms with van der Waals surface area (Å²) in [5, 5.41) is 3.12. The van der Waals surface area contributed by atoms with Crippen molar-refractivity contribution in [1.29, 1.82) is 0 Å². The summed E-state index contributed by atoms with van der Waals surface area (Å²) in [6, 6.07) is 4.01. The van der Waals surface area contributed by atoms with Crippen LogP contribution in [0.4, 0.5) is 0 Å². The Balaban J connectivity index is 2.25. The molecule has 1 heterocycles. The summed E-state index contributed by atoms with van der Waals surface area (Å²) < 4.78 is 0. The molecule has 13 heavy (non-hydrogen) atoms. The largest absolute Gasteiger partial charge is 0.320 e. The fourth-order valence-corrected chi connectivity index (χ4v) is 1.09. The highest BCUT2D eigenvalue weighted by Gasteiger charge is 1.83. The van der Waals surface area contributed by atoms with Gasteiger partial charge >= 0.3 is 0 Å². The molecular weight excluding hydrogens is 160 g/mol. The van der Waals surface area contributed by atoms with E-state index in [1.54, 1.807) is 6.20 Å². The number of aromatic nitrogens is 1. The van der Waals surface area contributed by atoms with E-state index in [-0.39, 0.29) is 0 Å². The van der Waals surface area contributed by atoms with Gasteiger partial charge in [-0.3, -0.25) is 4.98 Å². The highest BCUT2D eigenvalue weighted by Crippen LogP contribution is 2.00. The molecule has 0 aliphatic carbocycles. The average Bonchev–Trinajstić information content (AvgIpc) is 2.19. The highest BCUT2D eigenvalue weighted by atomic mass is 14.8. The minimum Gasteiger partial charge on any atom is -0.320 e. The minimum absolute atomic E-state index is 1.08. The molecule has 1 aromatic rings. The molecule has 0 saturated carbocycles. The Morgan fingerprint density at radius 3 is 3.15 bits per heavy atom. The standard InChI is InChI=1S/C11H16N2/c1-12-8-4-2-3-6-11-7-5-9-13-10-11/h3,5-7,9-10,12H,2,4,8H2,1H3. The Morgan fingerprint density at radius 2 is 2.46 bits per heavy atom. The van der Waals surface area contributed by atoms with E-state index in [0.29, 0.717) is 0 Å². The molecule has 0 spiro atoms. The van der Waals surface area contributed by atoms with Crippen molar-refractivity contribution in [3.05, 3.63) is 36.2 Å². The normalized spacial score (nSPS) is 10.8. The van der Waals surface area contributed by atoms with Gasteiger partial charge in [-0.1, -0.05) is 18.2 Å². The van der Waals surface area contributed by atoms with Crippen molar-refractivity contribution in [2.45, 2.75) is 12.8 Å². The summed E-state index contributed by atoms with van der Waals surface area (Å²) in [5.74, 6) is 0. The SMILES string of the molecule is CNCCCC=Cc1cccnc1. The Bertz CT molecular complexity index is 242. The average molecular weight is 176 g/mol. The van der Waals surface area contributed by atoms with E-state index in [1.807, 2.05) is 19.3 Å². The number of hydrogen-bond donors (Lipinski definition) is 1. The van der Waals surface area contributed by atoms with Crippen molar-refractivity contribution in [2.75, 3.05) is 13.6 Å². The predicted molar refractivity (Wildman–Crippen MR) is 56.4 cm³/mol. The zero-order chi connectivity index (χ0) is 9.36. The first-order chi connectivity index (χ1) is 6.43. The van der Waals surface area contributed by atoms with Crippen LogP contribution in [0.25, 0.3) is 6.08 Å². The minimum atomic E-state index is 1.08. The number of pyridine rings is 1. The molecule has 1 rings (SSSR count). The topological polar surface area (TPSA) is 24.9 Å². The van der Waals surface area contributed by atoms with E-state index in [0.717, 1.165) is 13.0 Å². The van der Waals surface area contributed by atoms with Crippen LogP contribution in [0, 0.1) is 0 Å². The van der Waals surface area contributed by atoms with E-state index in [1.165, 1.54) is 12.0 Å². The Hall–Kier alpha value is -1.15. The molecule has 0 radical (unpaired) electrons. The summed E-state index contributed by atoms with van der Waals surface area (Å²) in [6.45, 7) is 1.08. The second kappa shape index (κ2) is 6.38. The zero-order valence-corrected chi connectivity index (χ0v) is 8.03. The first-order valence-electron chi connectivity index (χ1n) is 4.64. The fraction of sp³-hybridized carbons (Fsp3) is 0.364. The molecule has 0 aliphatic rings. The van der Waals surface area contributed by atoms with Crippen LogP contribution >= 0.6 is 0 Å². The number of allylic oxidation sites excluding steroid dienone is 1. The molecule has 0 unspecified atom stereocenters. The lowest BCUT2D eigenvalue weighted by atomic mass is 10.2. The van der Waals surface area contributed by atoms with Crippen LogP contribution in [-0.2, 0) is 0 Å². The van der Waals surface area contributed by atoms with Crippen molar-refractivity contribution in [1.82, 2.24) is 10.3 Å². The molecule has 70 valence electrons. The Labute approximate surface area is 79.7 Å². The van der Waals surface area contributed by atoms with Crippen molar-refractivity contribution < 1.29 is 0 Å². The van der Waals surface area contributed by atoms with Crippen LogP contribution in [0.5, 0.6) is 0 Å². The number of hydrogen-bond acceptors (Lipinski definition) is 2. The van der Waals surface area contributed by atoms with Crippen LogP contribution < -0.4 is 5.32 Å². The van der Waals surface area contributed by atoms with Gasteiger partial charge in [0.1, 0.15) is 0 Å². The molecule has 0 fully saturated rings. The fourth-order valence-electron chi connectivity index (χ4n) is 1.09. The number of nitrogens with zero attached hydrogens (tertiary/aromatic N) is 1. The van der Waals surface area contributed by atoms with Crippen LogP contribution in [0.3, 0.4) is 0 Å². The van der Waals surface area contributed by atoms with Crippen LogP contribution in [0.2, 0.25) is 0 Å². The maximum Gasteiger partial charge on any atom is 0.0340 e. The molecule has 1 N–H and O–H groups in total. The molecule has 1 aromatic heterocycles. The Morgan fingerprint density at radius 1 is 1.54 bits per heavy atom. The van der Waals surface area contributed by atoms with Gasteiger partial charge in [0.15, 0.2) is 0 Å². The van der Waals surface area contributed by atoms with Gasteiger partial charge in [-0.05, 0) is 38.1 Å². The monoisotopic (exact) mass is 176 g/mol. The molecule has 0 saturated heterocycles. The number of unbranched alkanes of at least 4 members (excludes halogenated alkanes) is 1. The molecule has 0 atom stereocenters. The second-order valence-corrected chi connectivity index (χ2v) is 2.93. The molecule has 2 nitrogen and oxygen atoms in total. The predicted octanol–water partition coefficient (Wildman–Crippen LogP) is 2.09. The maximum absolute atomic E-state index is 4.04. The van der Waals surface area contributed by atoms with E-state index in [2.05, 4.69) is 28.5 Å². The van der Waals surface area contributed by atoms with Gasteiger partial charge in [0.05, 0.1) is 0 Å². The lowest BCUT2D eigenvalue weighted by Gasteiger charge is -1.94. The Kier molecular flexibility index (Phi) is 4.87. The first-order valence-corrected chi connectivity index (χ1v) is 4.64. The molecule has 0 amide bonds. The van der Waals surface area contributed by atoms with Gasteiger partial charge in [0, 0.05) is 12.4 Å². The van der Waals surface area contributed by atoms with Gasteiger partial charge < -0.3 is 5.32 Å². The highest BCUT2D eigenvalue weighted by molar-refractivity contribution is 5.46. The summed E-state index contributed by atoms with van der Waals surface area (Å²) in [6.07, 6.45) is 10.3. The third kappa shape index (κ3) is 4.43. The summed E-state index contributed by atoms with van der Waals surface area (Å²) in [4.78, 5) is 4.04. The first kappa shape index (κ1) is 9.93. The van der Waals surface area contributed by atoms with Crippen LogP contribution in [0.1, 0.15) is 18.4 Å². The van der Waals surface area contributed by atoms with Crippen LogP contribution in [0.15, 0.2) is 30.6 Å². The maximum atomic E-state index is 4.04. The van der Waals surface area contributed by atoms with Gasteiger partial charge in [0.2, 0.25) is 0 Å². The zero-order valence-electron chi connectivity index (χ0n) is 8.03. The lowest BCUT2D eigenvalue weighted by molar-refractivity contribution is 0.736. The molecule has 0 aliphatic heterocycles. The third-order valence-corrected chi connectivity index (χ3v) is 1.79. The smallest absolute Gasteiger partial charge is 0.0340 e. The molecule has 0 bridgehead atoms. The van der Waals surface area contributed by atoms with Crippen molar-refractivity contribution in [3.8, 4) is 0 Å². The molecule has 2 heteroatoms. The van der Waals surface area contributed by atoms with Crippen molar-refractivity contribution >= 4 is 6.08 Å². The summed E-state index contributed by atoms with van der Waals surface area (Å²) in [7, 11) is 1.98. The second-order valence-electron chi connectivity index (χ2n) is 2.93. The number of rotatable bonds is 5. The van der Waals surface area contributed by atoms with Gasteiger partial charge in [0.25, 0.3) is 0 Å². The lowest BCUT2D eigenvalue weighted by Crippen LogP contribution is -2.06. The number of nitrogens with one attached hydrogen (secondary N) is 1. The van der Waals surface area contributed by atoms with E-state index in [9.17, 15) is 0 Å². The summed E-state index contributed by atoms with van der Waals surface area (Å²) in [5.41, 5.74) is 1.17. The van der Waals surface area contributed by atoms with Gasteiger partial charge in [-0.25, -0.2) is 0 Å². The van der Waals surface area contributed by atoms with E-state index in [4.69, 9.17) is 0 Å². The van der Waals surface area contributed by atoms with Crippen molar-refractivity contribution in [3.63, 3.8) is 0 Å². The molecular formula is C11H16N2. The summed E-state index contributed by atoms with van der Waals surface area (Å²) >= 11 is 0. The molecule has 0 aromatic carbocycles. The van der Waals surface area contributed by atoms with Gasteiger partial charge in [-0.2, -0.15) is 0 Å².